The zero-order chi connectivity index (χ0) is 13.9. The lowest BCUT2D eigenvalue weighted by molar-refractivity contribution is -0.143. The summed E-state index contributed by atoms with van der Waals surface area (Å²) < 4.78 is 4.49. The van der Waals surface area contributed by atoms with Crippen molar-refractivity contribution in [2.75, 3.05) is 20.2 Å². The average Bonchev–Trinajstić information content (AvgIpc) is 2.70. The number of rotatable bonds is 3. The molecule has 7 nitrogen and oxygen atoms in total. The minimum atomic E-state index is -0.904. The maximum Gasteiger partial charge on any atom is 0.328 e. The summed E-state index contributed by atoms with van der Waals surface area (Å²) >= 11 is 0. The van der Waals surface area contributed by atoms with Crippen molar-refractivity contribution < 1.29 is 24.2 Å². The topological polar surface area (TPSA) is 95.9 Å². The highest BCUT2D eigenvalue weighted by Crippen LogP contribution is 2.23. The molecule has 3 atom stereocenters. The minimum Gasteiger partial charge on any atom is -0.481 e. The number of nitrogens with one attached hydrogen (secondary N) is 1. The number of aliphatic carboxylic acids is 1. The van der Waals surface area contributed by atoms with Gasteiger partial charge in [0.05, 0.1) is 13.0 Å². The second-order valence-electron chi connectivity index (χ2n) is 4.52. The second-order valence-corrected chi connectivity index (χ2v) is 4.52. The van der Waals surface area contributed by atoms with Crippen LogP contribution in [0.5, 0.6) is 0 Å². The van der Waals surface area contributed by atoms with Crippen LogP contribution in [0.2, 0.25) is 0 Å². The van der Waals surface area contributed by atoms with E-state index in [1.54, 1.807) is 6.92 Å². The van der Waals surface area contributed by atoms with Gasteiger partial charge < -0.3 is 20.1 Å². The maximum absolute atomic E-state index is 11.8. The van der Waals surface area contributed by atoms with E-state index in [0.29, 0.717) is 6.54 Å². The molecule has 2 N–H and O–H groups in total. The van der Waals surface area contributed by atoms with E-state index in [9.17, 15) is 14.4 Å². The number of hydrogen-bond donors (Lipinski definition) is 2. The lowest BCUT2D eigenvalue weighted by Gasteiger charge is -2.19. The first-order valence-electron chi connectivity index (χ1n) is 5.72. The Hall–Kier alpha value is -1.79. The largest absolute Gasteiger partial charge is 0.481 e. The zero-order valence-corrected chi connectivity index (χ0v) is 10.7. The van der Waals surface area contributed by atoms with Crippen LogP contribution in [0.4, 0.5) is 4.79 Å². The molecule has 2 amide bonds. The van der Waals surface area contributed by atoms with Crippen LogP contribution in [0, 0.1) is 11.8 Å². The number of esters is 1. The first-order chi connectivity index (χ1) is 8.36. The van der Waals surface area contributed by atoms with Crippen LogP contribution in [0.1, 0.15) is 13.8 Å². The maximum atomic E-state index is 11.8. The molecule has 0 bridgehead atoms. The SMILES string of the molecule is COC(=O)C(C)NC(=O)N1CC(C)C(C(=O)O)C1. The Kier molecular flexibility index (Phi) is 4.52. The Labute approximate surface area is 105 Å². The number of nitrogens with zero attached hydrogens (tertiary/aromatic N) is 1. The Bertz CT molecular complexity index is 357. The molecule has 102 valence electrons. The fourth-order valence-corrected chi connectivity index (χ4v) is 1.97. The van der Waals surface area contributed by atoms with E-state index in [2.05, 4.69) is 10.1 Å². The highest BCUT2D eigenvalue weighted by atomic mass is 16.5. The van der Waals surface area contributed by atoms with Crippen molar-refractivity contribution in [2.24, 2.45) is 11.8 Å². The number of ether oxygens (including phenoxy) is 1. The number of methoxy groups -OCH3 is 1. The number of carbonyl (C=O) groups excluding carboxylic acids is 2. The molecule has 1 heterocycles. The average molecular weight is 258 g/mol. The minimum absolute atomic E-state index is 0.0957. The molecule has 1 rings (SSSR count). The summed E-state index contributed by atoms with van der Waals surface area (Å²) in [5, 5.41) is 11.4. The van der Waals surface area contributed by atoms with Crippen LogP contribution in [0.25, 0.3) is 0 Å². The van der Waals surface area contributed by atoms with Gasteiger partial charge in [0.15, 0.2) is 0 Å². The molecule has 3 unspecified atom stereocenters. The number of carboxylic acids is 1. The van der Waals surface area contributed by atoms with Gasteiger partial charge in [-0.2, -0.15) is 0 Å². The van der Waals surface area contributed by atoms with Crippen LogP contribution in [0.3, 0.4) is 0 Å². The number of amides is 2. The third-order valence-electron chi connectivity index (χ3n) is 3.11. The van der Waals surface area contributed by atoms with Gasteiger partial charge in [-0.05, 0) is 12.8 Å². The summed E-state index contributed by atoms with van der Waals surface area (Å²) in [7, 11) is 1.24. The van der Waals surface area contributed by atoms with Gasteiger partial charge in [-0.15, -0.1) is 0 Å². The number of carbonyl (C=O) groups is 3. The third kappa shape index (κ3) is 3.12. The summed E-state index contributed by atoms with van der Waals surface area (Å²) in [6.07, 6.45) is 0. The highest BCUT2D eigenvalue weighted by Gasteiger charge is 2.37. The van der Waals surface area contributed by atoms with Gasteiger partial charge in [0.1, 0.15) is 6.04 Å². The van der Waals surface area contributed by atoms with Gasteiger partial charge in [0.25, 0.3) is 0 Å². The molecule has 0 aromatic carbocycles. The Morgan fingerprint density at radius 3 is 2.44 bits per heavy atom. The summed E-state index contributed by atoms with van der Waals surface area (Å²) in [5.74, 6) is -2.09. The molecule has 1 aliphatic heterocycles. The van der Waals surface area contributed by atoms with Crippen molar-refractivity contribution in [3.8, 4) is 0 Å². The van der Waals surface area contributed by atoms with Crippen LogP contribution in [-0.2, 0) is 14.3 Å². The van der Waals surface area contributed by atoms with E-state index in [1.165, 1.54) is 18.9 Å². The van der Waals surface area contributed by atoms with E-state index in [4.69, 9.17) is 5.11 Å². The highest BCUT2D eigenvalue weighted by molar-refractivity contribution is 5.84. The summed E-state index contributed by atoms with van der Waals surface area (Å²) in [5.41, 5.74) is 0. The van der Waals surface area contributed by atoms with Crippen molar-refractivity contribution in [3.63, 3.8) is 0 Å². The quantitative estimate of drug-likeness (QED) is 0.690. The summed E-state index contributed by atoms with van der Waals surface area (Å²) in [4.78, 5) is 35.3. The molecule has 1 aliphatic rings. The normalized spacial score (nSPS) is 24.5. The van der Waals surface area contributed by atoms with E-state index in [1.807, 2.05) is 0 Å². The van der Waals surface area contributed by atoms with E-state index in [-0.39, 0.29) is 12.5 Å². The standard InChI is InChI=1S/C11H18N2O5/c1-6-4-13(5-8(6)9(14)15)11(17)12-7(2)10(16)18-3/h6-8H,4-5H2,1-3H3,(H,12,17)(H,14,15). The molecular weight excluding hydrogens is 240 g/mol. The predicted molar refractivity (Wildman–Crippen MR) is 61.9 cm³/mol. The van der Waals surface area contributed by atoms with Gasteiger partial charge in [-0.1, -0.05) is 6.92 Å². The van der Waals surface area contributed by atoms with Crippen LogP contribution in [-0.4, -0.2) is 54.2 Å². The monoisotopic (exact) mass is 258 g/mol. The number of likely N-dealkylation sites (tertiary alicyclic amines) is 1. The second kappa shape index (κ2) is 5.70. The molecule has 0 aromatic rings. The molecule has 1 fully saturated rings. The van der Waals surface area contributed by atoms with Crippen molar-refractivity contribution >= 4 is 18.0 Å². The fourth-order valence-electron chi connectivity index (χ4n) is 1.97. The number of urea groups is 1. The van der Waals surface area contributed by atoms with Gasteiger partial charge in [-0.3, -0.25) is 4.79 Å². The van der Waals surface area contributed by atoms with Gasteiger partial charge in [-0.25, -0.2) is 9.59 Å². The van der Waals surface area contributed by atoms with Gasteiger partial charge in [0.2, 0.25) is 0 Å². The van der Waals surface area contributed by atoms with Gasteiger partial charge >= 0.3 is 18.0 Å². The van der Waals surface area contributed by atoms with E-state index < -0.39 is 29.9 Å². The molecule has 18 heavy (non-hydrogen) atoms. The lowest BCUT2D eigenvalue weighted by atomic mass is 9.99. The van der Waals surface area contributed by atoms with Crippen molar-refractivity contribution in [2.45, 2.75) is 19.9 Å². The first-order valence-corrected chi connectivity index (χ1v) is 5.72. The number of carboxylic acid groups (broad SMARTS) is 1. The molecule has 0 spiro atoms. The van der Waals surface area contributed by atoms with Crippen LogP contribution in [0.15, 0.2) is 0 Å². The van der Waals surface area contributed by atoms with Crippen molar-refractivity contribution in [1.82, 2.24) is 10.2 Å². The summed E-state index contributed by atoms with van der Waals surface area (Å²) in [6, 6.07) is -1.19. The van der Waals surface area contributed by atoms with Crippen molar-refractivity contribution in [3.05, 3.63) is 0 Å². The van der Waals surface area contributed by atoms with Crippen LogP contribution < -0.4 is 5.32 Å². The molecule has 7 heteroatoms. The Morgan fingerprint density at radius 2 is 2.00 bits per heavy atom. The molecule has 0 aromatic heterocycles. The van der Waals surface area contributed by atoms with E-state index >= 15 is 0 Å². The van der Waals surface area contributed by atoms with Crippen molar-refractivity contribution in [1.29, 1.82) is 0 Å². The van der Waals surface area contributed by atoms with Gasteiger partial charge in [0, 0.05) is 13.1 Å². The Balaban J connectivity index is 2.54. The molecular formula is C11H18N2O5. The predicted octanol–water partition coefficient (Wildman–Crippen LogP) is -0.0900. The lowest BCUT2D eigenvalue weighted by Crippen LogP contribution is -2.46. The molecule has 0 aliphatic carbocycles. The third-order valence-corrected chi connectivity index (χ3v) is 3.11. The smallest absolute Gasteiger partial charge is 0.328 e. The Morgan fingerprint density at radius 1 is 1.39 bits per heavy atom. The molecule has 0 saturated carbocycles. The zero-order valence-electron chi connectivity index (χ0n) is 10.7. The fraction of sp³-hybridized carbons (Fsp3) is 0.727. The van der Waals surface area contributed by atoms with E-state index in [0.717, 1.165) is 0 Å². The molecule has 1 saturated heterocycles. The molecule has 0 radical (unpaired) electrons. The van der Waals surface area contributed by atoms with Crippen LogP contribution >= 0.6 is 0 Å². The number of hydrogen-bond acceptors (Lipinski definition) is 4. The first kappa shape index (κ1) is 14.3. The summed E-state index contributed by atoms with van der Waals surface area (Å²) in [6.45, 7) is 3.83.